The number of carbonyl (C=O) groups is 1. The van der Waals surface area contributed by atoms with Crippen molar-refractivity contribution in [3.05, 3.63) is 10.6 Å². The van der Waals surface area contributed by atoms with Crippen molar-refractivity contribution >= 4 is 22.8 Å². The molecule has 1 aromatic rings. The van der Waals surface area contributed by atoms with E-state index in [1.807, 2.05) is 6.92 Å². The highest BCUT2D eigenvalue weighted by Crippen LogP contribution is 2.30. The summed E-state index contributed by atoms with van der Waals surface area (Å²) in [7, 11) is 2.10. The number of rotatable bonds is 3. The molecule has 0 spiro atoms. The topological polar surface area (TPSA) is 33.2 Å². The van der Waals surface area contributed by atoms with Gasteiger partial charge in [-0.2, -0.15) is 0 Å². The molecular weight excluding hydrogens is 220 g/mol. The van der Waals surface area contributed by atoms with Crippen LogP contribution in [0.25, 0.3) is 0 Å². The summed E-state index contributed by atoms with van der Waals surface area (Å²) < 4.78 is 0. The summed E-state index contributed by atoms with van der Waals surface area (Å²) in [6, 6.07) is 0.610. The Balaban J connectivity index is 2.12. The molecule has 1 fully saturated rings. The zero-order valence-electron chi connectivity index (χ0n) is 9.90. The summed E-state index contributed by atoms with van der Waals surface area (Å²) in [6.07, 6.45) is 7.42. The van der Waals surface area contributed by atoms with Gasteiger partial charge in [0.1, 0.15) is 0 Å². The largest absolute Gasteiger partial charge is 0.348 e. The molecule has 4 heteroatoms. The first-order chi connectivity index (χ1) is 7.72. The summed E-state index contributed by atoms with van der Waals surface area (Å²) in [4.78, 5) is 18.3. The van der Waals surface area contributed by atoms with Gasteiger partial charge in [-0.05, 0) is 19.8 Å². The SMILES string of the molecule is Cc1nc(N(C)C2CCCCC2)sc1C=O. The molecule has 0 bridgehead atoms. The summed E-state index contributed by atoms with van der Waals surface area (Å²) >= 11 is 1.51. The van der Waals surface area contributed by atoms with Gasteiger partial charge < -0.3 is 4.90 Å². The number of anilines is 1. The van der Waals surface area contributed by atoms with Crippen molar-refractivity contribution in [1.29, 1.82) is 0 Å². The molecule has 0 amide bonds. The Hall–Kier alpha value is -0.900. The van der Waals surface area contributed by atoms with Crippen molar-refractivity contribution in [2.24, 2.45) is 0 Å². The molecule has 1 aromatic heterocycles. The minimum Gasteiger partial charge on any atom is -0.348 e. The van der Waals surface area contributed by atoms with Gasteiger partial charge in [-0.1, -0.05) is 30.6 Å². The number of hydrogen-bond donors (Lipinski definition) is 0. The lowest BCUT2D eigenvalue weighted by Crippen LogP contribution is -2.33. The molecule has 88 valence electrons. The van der Waals surface area contributed by atoms with Crippen molar-refractivity contribution in [3.8, 4) is 0 Å². The molecule has 3 nitrogen and oxygen atoms in total. The smallest absolute Gasteiger partial charge is 0.186 e. The molecule has 0 radical (unpaired) electrons. The third-order valence-corrected chi connectivity index (χ3v) is 4.53. The van der Waals surface area contributed by atoms with Crippen molar-refractivity contribution in [3.63, 3.8) is 0 Å². The second-order valence-electron chi connectivity index (χ2n) is 4.47. The predicted octanol–water partition coefficient (Wildman–Crippen LogP) is 3.03. The second kappa shape index (κ2) is 4.95. The summed E-state index contributed by atoms with van der Waals surface area (Å²) in [5, 5.41) is 0.992. The van der Waals surface area contributed by atoms with Gasteiger partial charge >= 0.3 is 0 Å². The fraction of sp³-hybridized carbons (Fsp3) is 0.667. The first-order valence-electron chi connectivity index (χ1n) is 5.88. The van der Waals surface area contributed by atoms with Crippen molar-refractivity contribution in [2.45, 2.75) is 45.1 Å². The maximum Gasteiger partial charge on any atom is 0.186 e. The summed E-state index contributed by atoms with van der Waals surface area (Å²) in [5.41, 5.74) is 0.859. The van der Waals surface area contributed by atoms with E-state index in [4.69, 9.17) is 0 Å². The molecule has 0 unspecified atom stereocenters. The quantitative estimate of drug-likeness (QED) is 0.759. The molecule has 0 saturated heterocycles. The number of thiazole rings is 1. The van der Waals surface area contributed by atoms with Crippen LogP contribution in [0.3, 0.4) is 0 Å². The van der Waals surface area contributed by atoms with Crippen LogP contribution in [0, 0.1) is 6.92 Å². The Kier molecular flexibility index (Phi) is 3.59. The molecule has 0 aliphatic heterocycles. The van der Waals surface area contributed by atoms with Crippen molar-refractivity contribution in [1.82, 2.24) is 4.98 Å². The number of aldehydes is 1. The zero-order chi connectivity index (χ0) is 11.5. The van der Waals surface area contributed by atoms with E-state index >= 15 is 0 Å². The van der Waals surface area contributed by atoms with Gasteiger partial charge in [-0.3, -0.25) is 4.79 Å². The Morgan fingerprint density at radius 3 is 2.62 bits per heavy atom. The normalized spacial score (nSPS) is 17.4. The molecular formula is C12H18N2OS. The van der Waals surface area contributed by atoms with Gasteiger partial charge in [0.15, 0.2) is 11.4 Å². The predicted molar refractivity (Wildman–Crippen MR) is 67.5 cm³/mol. The molecule has 2 rings (SSSR count). The third kappa shape index (κ3) is 2.26. The molecule has 0 N–H and O–H groups in total. The highest BCUT2D eigenvalue weighted by Gasteiger charge is 2.21. The van der Waals surface area contributed by atoms with Crippen molar-refractivity contribution in [2.75, 3.05) is 11.9 Å². The minimum absolute atomic E-state index is 0.610. The molecule has 1 heterocycles. The van der Waals surface area contributed by atoms with Gasteiger partial charge in [-0.15, -0.1) is 0 Å². The average Bonchev–Trinajstić information content (AvgIpc) is 2.71. The fourth-order valence-electron chi connectivity index (χ4n) is 2.28. The van der Waals surface area contributed by atoms with Crippen LogP contribution in [-0.2, 0) is 0 Å². The lowest BCUT2D eigenvalue weighted by molar-refractivity contribution is 0.112. The van der Waals surface area contributed by atoms with Crippen LogP contribution in [0.5, 0.6) is 0 Å². The Labute approximate surface area is 100 Å². The van der Waals surface area contributed by atoms with Gasteiger partial charge in [0.2, 0.25) is 0 Å². The van der Waals surface area contributed by atoms with E-state index < -0.39 is 0 Å². The van der Waals surface area contributed by atoms with Crippen LogP contribution in [0.15, 0.2) is 0 Å². The zero-order valence-corrected chi connectivity index (χ0v) is 10.7. The van der Waals surface area contributed by atoms with E-state index in [1.54, 1.807) is 0 Å². The van der Waals surface area contributed by atoms with E-state index in [1.165, 1.54) is 43.4 Å². The first-order valence-corrected chi connectivity index (χ1v) is 6.69. The van der Waals surface area contributed by atoms with E-state index in [-0.39, 0.29) is 0 Å². The summed E-state index contributed by atoms with van der Waals surface area (Å²) in [6.45, 7) is 1.90. The van der Waals surface area contributed by atoms with Gasteiger partial charge in [-0.25, -0.2) is 4.98 Å². The van der Waals surface area contributed by atoms with Crippen LogP contribution < -0.4 is 4.90 Å². The molecule has 1 aliphatic rings. The minimum atomic E-state index is 0.610. The molecule has 16 heavy (non-hydrogen) atoms. The van der Waals surface area contributed by atoms with Crippen LogP contribution in [-0.4, -0.2) is 24.4 Å². The second-order valence-corrected chi connectivity index (χ2v) is 5.48. The van der Waals surface area contributed by atoms with E-state index in [9.17, 15) is 4.79 Å². The fourth-order valence-corrected chi connectivity index (χ4v) is 3.19. The molecule has 0 atom stereocenters. The number of hydrogen-bond acceptors (Lipinski definition) is 4. The first kappa shape index (κ1) is 11.6. The van der Waals surface area contributed by atoms with E-state index in [2.05, 4.69) is 16.9 Å². The van der Waals surface area contributed by atoms with Crippen LogP contribution in [0.4, 0.5) is 5.13 Å². The number of carbonyl (C=O) groups excluding carboxylic acids is 1. The van der Waals surface area contributed by atoms with Crippen LogP contribution in [0.2, 0.25) is 0 Å². The van der Waals surface area contributed by atoms with Crippen LogP contribution >= 0.6 is 11.3 Å². The molecule has 1 aliphatic carbocycles. The van der Waals surface area contributed by atoms with E-state index in [0.717, 1.165) is 22.0 Å². The Morgan fingerprint density at radius 1 is 1.38 bits per heavy atom. The average molecular weight is 238 g/mol. The van der Waals surface area contributed by atoms with Crippen LogP contribution in [0.1, 0.15) is 47.5 Å². The Bertz CT molecular complexity index is 369. The molecule has 1 saturated carbocycles. The highest BCUT2D eigenvalue weighted by molar-refractivity contribution is 7.17. The lowest BCUT2D eigenvalue weighted by Gasteiger charge is -2.30. The van der Waals surface area contributed by atoms with Gasteiger partial charge in [0, 0.05) is 13.1 Å². The number of aromatic nitrogens is 1. The third-order valence-electron chi connectivity index (χ3n) is 3.35. The molecule has 0 aromatic carbocycles. The van der Waals surface area contributed by atoms with Gasteiger partial charge in [0.05, 0.1) is 10.6 Å². The maximum atomic E-state index is 10.8. The Morgan fingerprint density at radius 2 is 2.06 bits per heavy atom. The van der Waals surface area contributed by atoms with Crippen molar-refractivity contribution < 1.29 is 4.79 Å². The highest BCUT2D eigenvalue weighted by atomic mass is 32.1. The number of aryl methyl sites for hydroxylation is 1. The maximum absolute atomic E-state index is 10.8. The lowest BCUT2D eigenvalue weighted by atomic mass is 9.95. The standard InChI is InChI=1S/C12H18N2OS/c1-9-11(8-15)16-12(13-9)14(2)10-6-4-3-5-7-10/h8,10H,3-7H2,1-2H3. The monoisotopic (exact) mass is 238 g/mol. The van der Waals surface area contributed by atoms with Gasteiger partial charge in [0.25, 0.3) is 0 Å². The summed E-state index contributed by atoms with van der Waals surface area (Å²) in [5.74, 6) is 0. The van der Waals surface area contributed by atoms with E-state index in [0.29, 0.717) is 6.04 Å². The number of nitrogens with zero attached hydrogens (tertiary/aromatic N) is 2.